The molecule has 0 atom stereocenters. The first-order valence-electron chi connectivity index (χ1n) is 4.66. The number of hydrogen-bond acceptors (Lipinski definition) is 5. The summed E-state index contributed by atoms with van der Waals surface area (Å²) in [6.07, 6.45) is 1.40. The Balaban J connectivity index is 2.37. The predicted octanol–water partition coefficient (Wildman–Crippen LogP) is 3.59. The van der Waals surface area contributed by atoms with E-state index in [2.05, 4.69) is 25.9 Å². The second kappa shape index (κ2) is 5.28. The van der Waals surface area contributed by atoms with Crippen LogP contribution in [0.3, 0.4) is 0 Å². The molecule has 1 aromatic carbocycles. The summed E-state index contributed by atoms with van der Waals surface area (Å²) >= 11 is 8.75. The molecule has 0 N–H and O–H groups in total. The molecule has 2 aromatic rings. The van der Waals surface area contributed by atoms with Crippen molar-refractivity contribution in [2.75, 3.05) is 0 Å². The van der Waals surface area contributed by atoms with Gasteiger partial charge in [-0.3, -0.25) is 10.1 Å². The van der Waals surface area contributed by atoms with Crippen LogP contribution in [0.2, 0.25) is 5.28 Å². The molecule has 0 saturated heterocycles. The molecule has 0 aliphatic rings. The summed E-state index contributed by atoms with van der Waals surface area (Å²) in [5, 5.41) is 10.9. The van der Waals surface area contributed by atoms with E-state index in [0.717, 1.165) is 0 Å². The van der Waals surface area contributed by atoms with Gasteiger partial charge in [-0.25, -0.2) is 4.98 Å². The number of nitrogens with zero attached hydrogens (tertiary/aromatic N) is 3. The van der Waals surface area contributed by atoms with Gasteiger partial charge in [-0.2, -0.15) is 4.98 Å². The number of ether oxygens (including phenoxy) is 1. The lowest BCUT2D eigenvalue weighted by Gasteiger charge is -2.05. The van der Waals surface area contributed by atoms with Crippen molar-refractivity contribution in [1.29, 1.82) is 0 Å². The summed E-state index contributed by atoms with van der Waals surface area (Å²) in [6, 6.07) is 5.90. The Morgan fingerprint density at radius 1 is 1.39 bits per heavy atom. The smallest absolute Gasteiger partial charge is 0.312 e. The van der Waals surface area contributed by atoms with E-state index < -0.39 is 4.92 Å². The van der Waals surface area contributed by atoms with Gasteiger partial charge in [-0.1, -0.05) is 15.9 Å². The van der Waals surface area contributed by atoms with Crippen molar-refractivity contribution >= 4 is 33.2 Å². The second-order valence-electron chi connectivity index (χ2n) is 3.14. The van der Waals surface area contributed by atoms with Gasteiger partial charge in [0.05, 0.1) is 4.92 Å². The average Bonchev–Trinajstić information content (AvgIpc) is 2.31. The molecule has 8 heteroatoms. The summed E-state index contributed by atoms with van der Waals surface area (Å²) in [7, 11) is 0. The normalized spacial score (nSPS) is 10.1. The first kappa shape index (κ1) is 12.7. The average molecular weight is 331 g/mol. The van der Waals surface area contributed by atoms with E-state index in [1.54, 1.807) is 6.07 Å². The number of aromatic nitrogens is 2. The Labute approximate surface area is 115 Å². The van der Waals surface area contributed by atoms with E-state index in [-0.39, 0.29) is 22.6 Å². The highest BCUT2D eigenvalue weighted by molar-refractivity contribution is 9.10. The maximum absolute atomic E-state index is 10.9. The van der Waals surface area contributed by atoms with E-state index in [9.17, 15) is 10.1 Å². The fourth-order valence-electron chi connectivity index (χ4n) is 1.21. The minimum absolute atomic E-state index is 0.00673. The van der Waals surface area contributed by atoms with Crippen molar-refractivity contribution in [2.45, 2.75) is 0 Å². The molecule has 0 aliphatic carbocycles. The molecule has 0 spiro atoms. The molecule has 1 heterocycles. The van der Waals surface area contributed by atoms with Gasteiger partial charge in [0.1, 0.15) is 0 Å². The molecule has 18 heavy (non-hydrogen) atoms. The second-order valence-corrected chi connectivity index (χ2v) is 4.39. The maximum atomic E-state index is 10.9. The van der Waals surface area contributed by atoms with Crippen molar-refractivity contribution in [2.24, 2.45) is 0 Å². The third-order valence-electron chi connectivity index (χ3n) is 1.93. The van der Waals surface area contributed by atoms with Crippen LogP contribution in [-0.2, 0) is 0 Å². The van der Waals surface area contributed by atoms with Crippen molar-refractivity contribution in [3.05, 3.63) is 50.3 Å². The largest absolute Gasteiger partial charge is 0.432 e. The minimum atomic E-state index is -0.539. The lowest BCUT2D eigenvalue weighted by atomic mass is 10.3. The summed E-state index contributed by atoms with van der Waals surface area (Å²) in [6.45, 7) is 0. The molecule has 92 valence electrons. The lowest BCUT2D eigenvalue weighted by Crippen LogP contribution is -1.95. The van der Waals surface area contributed by atoms with Crippen LogP contribution in [0.25, 0.3) is 0 Å². The molecular formula is C10H5BrClN3O3. The maximum Gasteiger partial charge on any atom is 0.312 e. The topological polar surface area (TPSA) is 78.2 Å². The number of nitro groups is 1. The molecule has 0 aliphatic heterocycles. The first-order valence-corrected chi connectivity index (χ1v) is 5.83. The fraction of sp³-hybridized carbons (Fsp3) is 0. The van der Waals surface area contributed by atoms with Crippen molar-refractivity contribution < 1.29 is 9.66 Å². The standard InChI is InChI=1S/C10H5BrClN3O3/c11-6-1-2-8(7(5-6)15(16)17)18-9-3-4-13-10(12)14-9/h1-5H. The quantitative estimate of drug-likeness (QED) is 0.488. The molecule has 0 radical (unpaired) electrons. The van der Waals surface area contributed by atoms with Crippen LogP contribution in [-0.4, -0.2) is 14.9 Å². The number of nitro benzene ring substituents is 1. The third kappa shape index (κ3) is 2.93. The predicted molar refractivity (Wildman–Crippen MR) is 67.9 cm³/mol. The van der Waals surface area contributed by atoms with Gasteiger partial charge in [0, 0.05) is 22.8 Å². The van der Waals surface area contributed by atoms with Crippen LogP contribution in [0.4, 0.5) is 5.69 Å². The van der Waals surface area contributed by atoms with Crippen LogP contribution in [0, 0.1) is 10.1 Å². The van der Waals surface area contributed by atoms with Gasteiger partial charge in [0.15, 0.2) is 0 Å². The zero-order valence-electron chi connectivity index (χ0n) is 8.71. The van der Waals surface area contributed by atoms with Crippen molar-refractivity contribution in [3.8, 4) is 11.6 Å². The molecule has 0 bridgehead atoms. The van der Waals surface area contributed by atoms with Gasteiger partial charge in [0.2, 0.25) is 16.9 Å². The SMILES string of the molecule is O=[N+]([O-])c1cc(Br)ccc1Oc1ccnc(Cl)n1. The fourth-order valence-corrected chi connectivity index (χ4v) is 1.70. The van der Waals surface area contributed by atoms with E-state index in [1.165, 1.54) is 24.4 Å². The zero-order chi connectivity index (χ0) is 13.1. The highest BCUT2D eigenvalue weighted by atomic mass is 79.9. The van der Waals surface area contributed by atoms with Crippen LogP contribution >= 0.6 is 27.5 Å². The van der Waals surface area contributed by atoms with Crippen molar-refractivity contribution in [1.82, 2.24) is 9.97 Å². The molecule has 0 unspecified atom stereocenters. The van der Waals surface area contributed by atoms with Gasteiger partial charge in [-0.05, 0) is 23.7 Å². The highest BCUT2D eigenvalue weighted by Crippen LogP contribution is 2.32. The van der Waals surface area contributed by atoms with Crippen LogP contribution < -0.4 is 4.74 Å². The minimum Gasteiger partial charge on any atom is -0.432 e. The van der Waals surface area contributed by atoms with E-state index in [4.69, 9.17) is 16.3 Å². The molecule has 1 aromatic heterocycles. The number of benzene rings is 1. The molecule has 6 nitrogen and oxygen atoms in total. The molecular weight excluding hydrogens is 325 g/mol. The zero-order valence-corrected chi connectivity index (χ0v) is 11.1. The molecule has 0 saturated carbocycles. The van der Waals surface area contributed by atoms with Gasteiger partial charge in [0.25, 0.3) is 0 Å². The first-order chi connectivity index (χ1) is 8.56. The monoisotopic (exact) mass is 329 g/mol. The summed E-state index contributed by atoms with van der Waals surface area (Å²) in [5.74, 6) is 0.221. The summed E-state index contributed by atoms with van der Waals surface area (Å²) in [4.78, 5) is 17.8. The van der Waals surface area contributed by atoms with Gasteiger partial charge in [-0.15, -0.1) is 0 Å². The molecule has 0 fully saturated rings. The van der Waals surface area contributed by atoms with Gasteiger partial charge < -0.3 is 4.74 Å². The van der Waals surface area contributed by atoms with Crippen LogP contribution in [0.15, 0.2) is 34.9 Å². The van der Waals surface area contributed by atoms with E-state index in [1.807, 2.05) is 0 Å². The Morgan fingerprint density at radius 2 is 2.17 bits per heavy atom. The number of rotatable bonds is 3. The lowest BCUT2D eigenvalue weighted by molar-refractivity contribution is -0.385. The van der Waals surface area contributed by atoms with E-state index >= 15 is 0 Å². The summed E-state index contributed by atoms with van der Waals surface area (Å²) < 4.78 is 5.89. The van der Waals surface area contributed by atoms with Crippen molar-refractivity contribution in [3.63, 3.8) is 0 Å². The highest BCUT2D eigenvalue weighted by Gasteiger charge is 2.16. The summed E-state index contributed by atoms with van der Waals surface area (Å²) in [5.41, 5.74) is -0.167. The van der Waals surface area contributed by atoms with E-state index in [0.29, 0.717) is 4.47 Å². The Morgan fingerprint density at radius 3 is 2.83 bits per heavy atom. The third-order valence-corrected chi connectivity index (χ3v) is 2.61. The van der Waals surface area contributed by atoms with Crippen LogP contribution in [0.5, 0.6) is 11.6 Å². The number of hydrogen-bond donors (Lipinski definition) is 0. The Kier molecular flexibility index (Phi) is 3.73. The Hall–Kier alpha value is -1.73. The van der Waals surface area contributed by atoms with Gasteiger partial charge >= 0.3 is 5.69 Å². The Bertz CT molecular complexity index is 609. The molecule has 0 amide bonds. The van der Waals surface area contributed by atoms with Crippen LogP contribution in [0.1, 0.15) is 0 Å². The molecule has 2 rings (SSSR count). The number of halogens is 2.